The van der Waals surface area contributed by atoms with Gasteiger partial charge in [0, 0.05) is 26.2 Å². The first-order chi connectivity index (χ1) is 8.86. The second-order valence-electron chi connectivity index (χ2n) is 4.03. The molecule has 0 fully saturated rings. The molecule has 0 unspecified atom stereocenters. The SMILES string of the molecule is C[C@@H](C#N)OC(=O)c1cc([N+](=O)[O-])ccc1N(C)C. The van der Waals surface area contributed by atoms with Crippen LogP contribution in [0.2, 0.25) is 0 Å². The Morgan fingerprint density at radius 1 is 1.53 bits per heavy atom. The van der Waals surface area contributed by atoms with E-state index in [-0.39, 0.29) is 11.3 Å². The van der Waals surface area contributed by atoms with Crippen molar-refractivity contribution in [1.82, 2.24) is 0 Å². The molecular formula is C12H13N3O4. The van der Waals surface area contributed by atoms with Crippen molar-refractivity contribution in [1.29, 1.82) is 5.26 Å². The van der Waals surface area contributed by atoms with Crippen LogP contribution in [0.15, 0.2) is 18.2 Å². The van der Waals surface area contributed by atoms with Crippen molar-refractivity contribution in [2.75, 3.05) is 19.0 Å². The van der Waals surface area contributed by atoms with Gasteiger partial charge in [-0.3, -0.25) is 10.1 Å². The smallest absolute Gasteiger partial charge is 0.341 e. The van der Waals surface area contributed by atoms with Crippen LogP contribution < -0.4 is 4.90 Å². The fourth-order valence-electron chi connectivity index (χ4n) is 1.44. The second-order valence-corrected chi connectivity index (χ2v) is 4.03. The lowest BCUT2D eigenvalue weighted by atomic mass is 10.1. The number of benzene rings is 1. The van der Waals surface area contributed by atoms with Gasteiger partial charge in [-0.25, -0.2) is 4.79 Å². The molecule has 7 heteroatoms. The highest BCUT2D eigenvalue weighted by Gasteiger charge is 2.20. The molecule has 0 spiro atoms. The third kappa shape index (κ3) is 3.42. The number of ether oxygens (including phenoxy) is 1. The van der Waals surface area contributed by atoms with Crippen molar-refractivity contribution in [3.05, 3.63) is 33.9 Å². The molecule has 7 nitrogen and oxygen atoms in total. The quantitative estimate of drug-likeness (QED) is 0.466. The van der Waals surface area contributed by atoms with E-state index in [2.05, 4.69) is 0 Å². The lowest BCUT2D eigenvalue weighted by Gasteiger charge is -2.16. The summed E-state index contributed by atoms with van der Waals surface area (Å²) in [4.78, 5) is 23.7. The molecular weight excluding hydrogens is 250 g/mol. The number of carbonyl (C=O) groups excluding carboxylic acids is 1. The fourth-order valence-corrected chi connectivity index (χ4v) is 1.44. The summed E-state index contributed by atoms with van der Waals surface area (Å²) < 4.78 is 4.86. The summed E-state index contributed by atoms with van der Waals surface area (Å²) in [5, 5.41) is 19.3. The van der Waals surface area contributed by atoms with Crippen LogP contribution in [0.3, 0.4) is 0 Å². The van der Waals surface area contributed by atoms with Crippen LogP contribution in [0.1, 0.15) is 17.3 Å². The van der Waals surface area contributed by atoms with E-state index in [1.807, 2.05) is 0 Å². The molecule has 19 heavy (non-hydrogen) atoms. The molecule has 0 N–H and O–H groups in total. The van der Waals surface area contributed by atoms with E-state index in [4.69, 9.17) is 10.00 Å². The molecule has 0 heterocycles. The third-order valence-corrected chi connectivity index (χ3v) is 2.36. The van der Waals surface area contributed by atoms with Gasteiger partial charge in [0.25, 0.3) is 5.69 Å². The maximum atomic E-state index is 11.9. The van der Waals surface area contributed by atoms with Crippen LogP contribution in [-0.2, 0) is 4.74 Å². The van der Waals surface area contributed by atoms with Crippen LogP contribution in [0.4, 0.5) is 11.4 Å². The number of esters is 1. The van der Waals surface area contributed by atoms with Crippen LogP contribution in [0.5, 0.6) is 0 Å². The molecule has 0 amide bonds. The monoisotopic (exact) mass is 263 g/mol. The Labute approximate surface area is 110 Å². The highest BCUT2D eigenvalue weighted by atomic mass is 16.6. The number of nitro groups is 1. The number of rotatable bonds is 4. The minimum absolute atomic E-state index is 0.0568. The van der Waals surface area contributed by atoms with Gasteiger partial charge in [0.05, 0.1) is 16.2 Å². The summed E-state index contributed by atoms with van der Waals surface area (Å²) >= 11 is 0. The summed E-state index contributed by atoms with van der Waals surface area (Å²) in [5.74, 6) is -0.763. The standard InChI is InChI=1S/C12H13N3O4/c1-8(7-13)19-12(16)10-6-9(15(17)18)4-5-11(10)14(2)3/h4-6,8H,1-3H3/t8-/m0/s1. The zero-order valence-electron chi connectivity index (χ0n) is 10.8. The van der Waals surface area contributed by atoms with Crippen LogP contribution in [0, 0.1) is 21.4 Å². The van der Waals surface area contributed by atoms with Gasteiger partial charge in [-0.05, 0) is 13.0 Å². The Bertz CT molecular complexity index is 548. The highest BCUT2D eigenvalue weighted by Crippen LogP contribution is 2.25. The molecule has 0 bridgehead atoms. The summed E-state index contributed by atoms with van der Waals surface area (Å²) in [6, 6.07) is 5.67. The molecule has 0 saturated carbocycles. The maximum absolute atomic E-state index is 11.9. The average Bonchev–Trinajstić information content (AvgIpc) is 2.37. The molecule has 100 valence electrons. The lowest BCUT2D eigenvalue weighted by molar-refractivity contribution is -0.384. The van der Waals surface area contributed by atoms with Gasteiger partial charge in [-0.2, -0.15) is 5.26 Å². The Morgan fingerprint density at radius 2 is 2.16 bits per heavy atom. The van der Waals surface area contributed by atoms with E-state index in [9.17, 15) is 14.9 Å². The van der Waals surface area contributed by atoms with Crippen molar-refractivity contribution in [3.8, 4) is 6.07 Å². The van der Waals surface area contributed by atoms with Crippen LogP contribution in [0.25, 0.3) is 0 Å². The number of nitrogens with zero attached hydrogens (tertiary/aromatic N) is 3. The van der Waals surface area contributed by atoms with Crippen molar-refractivity contribution in [3.63, 3.8) is 0 Å². The summed E-state index contributed by atoms with van der Waals surface area (Å²) in [7, 11) is 3.40. The number of nitro benzene ring substituents is 1. The Morgan fingerprint density at radius 3 is 2.63 bits per heavy atom. The van der Waals surface area contributed by atoms with Crippen molar-refractivity contribution >= 4 is 17.3 Å². The fraction of sp³-hybridized carbons (Fsp3) is 0.333. The Hall–Kier alpha value is -2.62. The van der Waals surface area contributed by atoms with Gasteiger partial charge in [-0.1, -0.05) is 0 Å². The summed E-state index contributed by atoms with van der Waals surface area (Å²) in [6.07, 6.45) is -0.915. The van der Waals surface area contributed by atoms with Crippen molar-refractivity contribution in [2.45, 2.75) is 13.0 Å². The van der Waals surface area contributed by atoms with E-state index < -0.39 is 17.0 Å². The normalized spacial score (nSPS) is 11.3. The Balaban J connectivity index is 3.21. The van der Waals surface area contributed by atoms with E-state index in [0.29, 0.717) is 5.69 Å². The zero-order valence-corrected chi connectivity index (χ0v) is 10.8. The molecule has 0 aliphatic carbocycles. The van der Waals surface area contributed by atoms with E-state index in [1.54, 1.807) is 25.1 Å². The van der Waals surface area contributed by atoms with Gasteiger partial charge < -0.3 is 9.64 Å². The summed E-state index contributed by atoms with van der Waals surface area (Å²) in [6.45, 7) is 1.42. The molecule has 1 rings (SSSR count). The number of anilines is 1. The number of hydrogen-bond donors (Lipinski definition) is 0. The first-order valence-corrected chi connectivity index (χ1v) is 5.43. The molecule has 0 radical (unpaired) electrons. The Kier molecular flexibility index (Phi) is 4.42. The molecule has 1 atom stereocenters. The van der Waals surface area contributed by atoms with E-state index >= 15 is 0 Å². The topological polar surface area (TPSA) is 96.5 Å². The molecule has 0 aromatic heterocycles. The first-order valence-electron chi connectivity index (χ1n) is 5.43. The van der Waals surface area contributed by atoms with Gasteiger partial charge >= 0.3 is 5.97 Å². The minimum atomic E-state index is -0.915. The third-order valence-electron chi connectivity index (χ3n) is 2.36. The van der Waals surface area contributed by atoms with Crippen molar-refractivity contribution in [2.24, 2.45) is 0 Å². The summed E-state index contributed by atoms with van der Waals surface area (Å²) in [5.41, 5.74) is 0.337. The highest BCUT2D eigenvalue weighted by molar-refractivity contribution is 5.96. The maximum Gasteiger partial charge on any atom is 0.341 e. The predicted molar refractivity (Wildman–Crippen MR) is 67.9 cm³/mol. The lowest BCUT2D eigenvalue weighted by Crippen LogP contribution is -2.18. The van der Waals surface area contributed by atoms with Crippen LogP contribution >= 0.6 is 0 Å². The van der Waals surface area contributed by atoms with Gasteiger partial charge in [0.15, 0.2) is 6.10 Å². The minimum Gasteiger partial charge on any atom is -0.444 e. The first kappa shape index (κ1) is 14.4. The molecule has 1 aromatic rings. The molecule has 0 aliphatic heterocycles. The molecule has 0 aliphatic rings. The number of hydrogen-bond acceptors (Lipinski definition) is 6. The predicted octanol–water partition coefficient (Wildman–Crippen LogP) is 1.73. The van der Waals surface area contributed by atoms with E-state index in [0.717, 1.165) is 6.07 Å². The second kappa shape index (κ2) is 5.82. The van der Waals surface area contributed by atoms with Gasteiger partial charge in [-0.15, -0.1) is 0 Å². The van der Waals surface area contributed by atoms with Crippen LogP contribution in [-0.4, -0.2) is 31.1 Å². The van der Waals surface area contributed by atoms with E-state index in [1.165, 1.54) is 19.1 Å². The number of non-ortho nitro benzene ring substituents is 1. The molecule has 1 aromatic carbocycles. The number of nitriles is 1. The zero-order chi connectivity index (χ0) is 14.6. The molecule has 0 saturated heterocycles. The van der Waals surface area contributed by atoms with Gasteiger partial charge in [0.1, 0.15) is 6.07 Å². The number of carbonyl (C=O) groups is 1. The van der Waals surface area contributed by atoms with Gasteiger partial charge in [0.2, 0.25) is 0 Å². The van der Waals surface area contributed by atoms with Crippen molar-refractivity contribution < 1.29 is 14.5 Å². The average molecular weight is 263 g/mol. The largest absolute Gasteiger partial charge is 0.444 e.